The van der Waals surface area contributed by atoms with Gasteiger partial charge in [0.05, 0.1) is 0 Å². The first-order valence-corrected chi connectivity index (χ1v) is 8.36. The molecule has 3 unspecified atom stereocenters. The molecule has 1 aromatic carbocycles. The van der Waals surface area contributed by atoms with Crippen molar-refractivity contribution in [3.05, 3.63) is 17.7 Å². The lowest BCUT2D eigenvalue weighted by atomic mass is 9.97. The zero-order valence-electron chi connectivity index (χ0n) is 15.1. The minimum Gasteiger partial charge on any atom is -0.504 e. The van der Waals surface area contributed by atoms with Crippen molar-refractivity contribution in [1.82, 2.24) is 0 Å². The van der Waals surface area contributed by atoms with Gasteiger partial charge in [-0.1, -0.05) is 13.8 Å². The van der Waals surface area contributed by atoms with E-state index in [1.807, 2.05) is 20.8 Å². The summed E-state index contributed by atoms with van der Waals surface area (Å²) < 4.78 is 22.3. The van der Waals surface area contributed by atoms with Gasteiger partial charge < -0.3 is 24.1 Å². The third-order valence-corrected chi connectivity index (χ3v) is 3.62. The van der Waals surface area contributed by atoms with Crippen molar-refractivity contribution in [2.45, 2.75) is 66.5 Å². The van der Waals surface area contributed by atoms with Crippen LogP contribution >= 0.6 is 0 Å². The van der Waals surface area contributed by atoms with Gasteiger partial charge in [0.2, 0.25) is 0 Å². The summed E-state index contributed by atoms with van der Waals surface area (Å²) in [5.41, 5.74) is 0.938. The van der Waals surface area contributed by atoms with Gasteiger partial charge in [0, 0.05) is 24.8 Å². The fourth-order valence-electron chi connectivity index (χ4n) is 2.26. The molecule has 0 aromatic heterocycles. The number of ether oxygens (including phenoxy) is 4. The number of phenols is 1. The average Bonchev–Trinajstić information content (AvgIpc) is 2.50. The summed E-state index contributed by atoms with van der Waals surface area (Å²) in [5, 5.41) is 10.2. The SMILES string of the molecule is CCOC(C)Oc1cc(OC(C)OCC)c(C(C)CC)cc1O. The molecule has 1 rings (SSSR count). The molecule has 0 aliphatic heterocycles. The van der Waals surface area contributed by atoms with Crippen molar-refractivity contribution in [1.29, 1.82) is 0 Å². The van der Waals surface area contributed by atoms with E-state index in [2.05, 4.69) is 13.8 Å². The van der Waals surface area contributed by atoms with Gasteiger partial charge in [-0.25, -0.2) is 0 Å². The van der Waals surface area contributed by atoms with Crippen LogP contribution in [0.3, 0.4) is 0 Å². The third kappa shape index (κ3) is 5.92. The van der Waals surface area contributed by atoms with Crippen LogP contribution < -0.4 is 9.47 Å². The summed E-state index contributed by atoms with van der Waals surface area (Å²) in [6.45, 7) is 12.7. The lowest BCUT2D eigenvalue weighted by molar-refractivity contribution is -0.0660. The Balaban J connectivity index is 3.10. The predicted octanol–water partition coefficient (Wildman–Crippen LogP) is 4.43. The molecule has 23 heavy (non-hydrogen) atoms. The highest BCUT2D eigenvalue weighted by Gasteiger charge is 2.19. The van der Waals surface area contributed by atoms with Crippen LogP contribution in [0.1, 0.15) is 59.4 Å². The fourth-order valence-corrected chi connectivity index (χ4v) is 2.26. The Bertz CT molecular complexity index is 475. The van der Waals surface area contributed by atoms with Gasteiger partial charge in [0.25, 0.3) is 0 Å². The monoisotopic (exact) mass is 326 g/mol. The second-order valence-electron chi connectivity index (χ2n) is 5.45. The number of benzene rings is 1. The van der Waals surface area contributed by atoms with Gasteiger partial charge >= 0.3 is 0 Å². The predicted molar refractivity (Wildman–Crippen MR) is 90.2 cm³/mol. The molecule has 1 aromatic rings. The molecule has 5 nitrogen and oxygen atoms in total. The van der Waals surface area contributed by atoms with E-state index in [-0.39, 0.29) is 18.0 Å². The van der Waals surface area contributed by atoms with Crippen LogP contribution in [0.25, 0.3) is 0 Å². The second kappa shape index (κ2) is 9.63. The normalized spacial score (nSPS) is 15.0. The van der Waals surface area contributed by atoms with Gasteiger partial charge in [0.15, 0.2) is 24.1 Å². The summed E-state index contributed by atoms with van der Waals surface area (Å²) in [6.07, 6.45) is 0.121. The molecule has 0 aliphatic carbocycles. The minimum absolute atomic E-state index is 0.0864. The van der Waals surface area contributed by atoms with Crippen LogP contribution in [0.4, 0.5) is 0 Å². The Kier molecular flexibility index (Phi) is 8.20. The van der Waals surface area contributed by atoms with Crippen molar-refractivity contribution in [3.63, 3.8) is 0 Å². The first kappa shape index (κ1) is 19.6. The highest BCUT2D eigenvalue weighted by atomic mass is 16.7. The van der Waals surface area contributed by atoms with Crippen molar-refractivity contribution < 1.29 is 24.1 Å². The standard InChI is InChI=1S/C18H30O5/c1-7-12(4)15-10-16(19)18(23-14(6)21-9-3)11-17(15)22-13(5)20-8-2/h10-14,19H,7-9H2,1-6H3. The molecular weight excluding hydrogens is 296 g/mol. The molecule has 1 N–H and O–H groups in total. The van der Waals surface area contributed by atoms with Crippen molar-refractivity contribution >= 4 is 0 Å². The molecule has 0 saturated carbocycles. The lowest BCUT2D eigenvalue weighted by Crippen LogP contribution is -2.18. The van der Waals surface area contributed by atoms with E-state index in [0.29, 0.717) is 24.7 Å². The van der Waals surface area contributed by atoms with Crippen LogP contribution in [0.5, 0.6) is 17.2 Å². The first-order chi connectivity index (χ1) is 10.9. The van der Waals surface area contributed by atoms with Crippen molar-refractivity contribution in [2.75, 3.05) is 13.2 Å². The molecule has 0 radical (unpaired) electrons. The third-order valence-electron chi connectivity index (χ3n) is 3.62. The quantitative estimate of drug-likeness (QED) is 0.645. The maximum Gasteiger partial charge on any atom is 0.197 e. The number of hydrogen-bond acceptors (Lipinski definition) is 5. The second-order valence-corrected chi connectivity index (χ2v) is 5.45. The number of aromatic hydroxyl groups is 1. The molecule has 5 heteroatoms. The molecule has 0 heterocycles. The number of rotatable bonds is 10. The summed E-state index contributed by atoms with van der Waals surface area (Å²) in [5.74, 6) is 1.35. The summed E-state index contributed by atoms with van der Waals surface area (Å²) in [6, 6.07) is 3.41. The van der Waals surface area contributed by atoms with Gasteiger partial charge in [0.1, 0.15) is 5.75 Å². The highest BCUT2D eigenvalue weighted by molar-refractivity contribution is 5.51. The van der Waals surface area contributed by atoms with Crippen molar-refractivity contribution in [3.8, 4) is 17.2 Å². The summed E-state index contributed by atoms with van der Waals surface area (Å²) >= 11 is 0. The average molecular weight is 326 g/mol. The van der Waals surface area contributed by atoms with E-state index < -0.39 is 6.29 Å². The Morgan fingerprint density at radius 1 is 0.870 bits per heavy atom. The largest absolute Gasteiger partial charge is 0.504 e. The highest BCUT2D eigenvalue weighted by Crippen LogP contribution is 2.39. The molecule has 0 saturated heterocycles. The van der Waals surface area contributed by atoms with E-state index in [1.165, 1.54) is 0 Å². The summed E-state index contributed by atoms with van der Waals surface area (Å²) in [7, 11) is 0. The van der Waals surface area contributed by atoms with E-state index in [4.69, 9.17) is 18.9 Å². The van der Waals surface area contributed by atoms with Gasteiger partial charge in [-0.3, -0.25) is 0 Å². The maximum atomic E-state index is 10.2. The topological polar surface area (TPSA) is 57.2 Å². The maximum absolute atomic E-state index is 10.2. The molecule has 132 valence electrons. The Morgan fingerprint density at radius 3 is 1.87 bits per heavy atom. The van der Waals surface area contributed by atoms with Crippen LogP contribution in [-0.2, 0) is 9.47 Å². The first-order valence-electron chi connectivity index (χ1n) is 8.36. The molecular formula is C18H30O5. The van der Waals surface area contributed by atoms with E-state index in [1.54, 1.807) is 19.1 Å². The molecule has 0 aliphatic rings. The lowest BCUT2D eigenvalue weighted by Gasteiger charge is -2.22. The summed E-state index contributed by atoms with van der Waals surface area (Å²) in [4.78, 5) is 0. The molecule has 0 amide bonds. The minimum atomic E-state index is -0.447. The van der Waals surface area contributed by atoms with Crippen LogP contribution in [0, 0.1) is 0 Å². The molecule has 3 atom stereocenters. The number of hydrogen-bond donors (Lipinski definition) is 1. The zero-order chi connectivity index (χ0) is 17.4. The number of phenolic OH excluding ortho intramolecular Hbond substituents is 1. The molecule has 0 spiro atoms. The Labute approximate surface area is 139 Å². The smallest absolute Gasteiger partial charge is 0.197 e. The van der Waals surface area contributed by atoms with E-state index in [0.717, 1.165) is 12.0 Å². The van der Waals surface area contributed by atoms with Crippen LogP contribution in [-0.4, -0.2) is 30.9 Å². The van der Waals surface area contributed by atoms with Crippen LogP contribution in [0.15, 0.2) is 12.1 Å². The Hall–Kier alpha value is -1.46. The van der Waals surface area contributed by atoms with Crippen LogP contribution in [0.2, 0.25) is 0 Å². The fraction of sp³-hybridized carbons (Fsp3) is 0.667. The van der Waals surface area contributed by atoms with E-state index >= 15 is 0 Å². The Morgan fingerprint density at radius 2 is 1.39 bits per heavy atom. The zero-order valence-corrected chi connectivity index (χ0v) is 15.1. The van der Waals surface area contributed by atoms with Gasteiger partial charge in [-0.15, -0.1) is 0 Å². The molecule has 0 bridgehead atoms. The van der Waals surface area contributed by atoms with Gasteiger partial charge in [-0.2, -0.15) is 0 Å². The van der Waals surface area contributed by atoms with E-state index in [9.17, 15) is 5.11 Å². The van der Waals surface area contributed by atoms with Gasteiger partial charge in [-0.05, 0) is 46.1 Å². The van der Waals surface area contributed by atoms with Crippen molar-refractivity contribution in [2.24, 2.45) is 0 Å². The molecule has 0 fully saturated rings.